The van der Waals surface area contributed by atoms with Crippen molar-refractivity contribution in [2.45, 2.75) is 18.3 Å². The van der Waals surface area contributed by atoms with Gasteiger partial charge in [0.05, 0.1) is 6.61 Å². The van der Waals surface area contributed by atoms with Gasteiger partial charge in [0.25, 0.3) is 0 Å². The van der Waals surface area contributed by atoms with Crippen molar-refractivity contribution in [3.8, 4) is 0 Å². The second-order valence-corrected chi connectivity index (χ2v) is 3.53. The molecule has 1 saturated carbocycles. The van der Waals surface area contributed by atoms with Gasteiger partial charge in [-0.05, 0) is 24.5 Å². The van der Waals surface area contributed by atoms with Gasteiger partial charge in [0.2, 0.25) is 0 Å². The lowest BCUT2D eigenvalue weighted by atomic mass is 9.95. The summed E-state index contributed by atoms with van der Waals surface area (Å²) >= 11 is 0. The highest BCUT2D eigenvalue weighted by Crippen LogP contribution is 2.49. The van der Waals surface area contributed by atoms with Gasteiger partial charge in [0.1, 0.15) is 0 Å². The fraction of sp³-hybridized carbons (Fsp3) is 0.400. The average molecular weight is 163 g/mol. The first kappa shape index (κ1) is 7.62. The fourth-order valence-electron chi connectivity index (χ4n) is 1.64. The first-order chi connectivity index (χ1) is 5.78. The van der Waals surface area contributed by atoms with Crippen LogP contribution in [0, 0.1) is 0 Å². The number of aliphatic hydroxyl groups is 1. The van der Waals surface area contributed by atoms with E-state index in [1.54, 1.807) is 0 Å². The lowest BCUT2D eigenvalue weighted by Crippen LogP contribution is -2.13. The van der Waals surface area contributed by atoms with Gasteiger partial charge >= 0.3 is 0 Å². The second kappa shape index (κ2) is 2.49. The predicted octanol–water partition coefficient (Wildman–Crippen LogP) is 1.29. The average Bonchev–Trinajstić information content (AvgIpc) is 2.86. The zero-order chi connectivity index (χ0) is 8.60. The molecule has 2 heteroatoms. The monoisotopic (exact) mass is 163 g/mol. The lowest BCUT2D eigenvalue weighted by Gasteiger charge is -2.13. The summed E-state index contributed by atoms with van der Waals surface area (Å²) in [6.07, 6.45) is 2.13. The largest absolute Gasteiger partial charge is 0.398 e. The van der Waals surface area contributed by atoms with E-state index < -0.39 is 0 Å². The van der Waals surface area contributed by atoms with Crippen molar-refractivity contribution in [3.05, 3.63) is 29.8 Å². The second-order valence-electron chi connectivity index (χ2n) is 3.53. The molecule has 12 heavy (non-hydrogen) atoms. The molecule has 0 atom stereocenters. The fourth-order valence-corrected chi connectivity index (χ4v) is 1.64. The standard InChI is InChI=1S/C10H13NO/c11-9-4-2-1-3-8(9)10(7-12)5-6-10/h1-4,12H,5-7,11H2. The number of hydrogen-bond acceptors (Lipinski definition) is 2. The van der Waals surface area contributed by atoms with Crippen LogP contribution in [0.1, 0.15) is 18.4 Å². The third-order valence-corrected chi connectivity index (χ3v) is 2.69. The third kappa shape index (κ3) is 0.994. The van der Waals surface area contributed by atoms with E-state index in [0.29, 0.717) is 0 Å². The van der Waals surface area contributed by atoms with E-state index in [1.807, 2.05) is 24.3 Å². The molecular formula is C10H13NO. The number of aliphatic hydroxyl groups excluding tert-OH is 1. The van der Waals surface area contributed by atoms with Crippen LogP contribution >= 0.6 is 0 Å². The van der Waals surface area contributed by atoms with Crippen LogP contribution in [-0.2, 0) is 5.41 Å². The predicted molar refractivity (Wildman–Crippen MR) is 48.9 cm³/mol. The number of rotatable bonds is 2. The molecule has 0 spiro atoms. The van der Waals surface area contributed by atoms with Crippen molar-refractivity contribution in [1.29, 1.82) is 0 Å². The number of nitrogens with two attached hydrogens (primary N) is 1. The Labute approximate surface area is 72.0 Å². The number of para-hydroxylation sites is 1. The molecule has 0 bridgehead atoms. The Bertz CT molecular complexity index is 292. The Kier molecular flexibility index (Phi) is 1.58. The molecule has 0 amide bonds. The smallest absolute Gasteiger partial charge is 0.0528 e. The molecule has 3 N–H and O–H groups in total. The highest BCUT2D eigenvalue weighted by molar-refractivity contribution is 5.53. The van der Waals surface area contributed by atoms with Crippen LogP contribution in [-0.4, -0.2) is 11.7 Å². The molecule has 0 saturated heterocycles. The normalized spacial score (nSPS) is 19.1. The first-order valence-electron chi connectivity index (χ1n) is 4.24. The van der Waals surface area contributed by atoms with Gasteiger partial charge in [0, 0.05) is 11.1 Å². The molecular weight excluding hydrogens is 150 g/mol. The first-order valence-corrected chi connectivity index (χ1v) is 4.24. The van der Waals surface area contributed by atoms with Crippen LogP contribution < -0.4 is 5.73 Å². The van der Waals surface area contributed by atoms with Gasteiger partial charge in [-0.25, -0.2) is 0 Å². The maximum atomic E-state index is 9.18. The van der Waals surface area contributed by atoms with E-state index in [1.165, 1.54) is 0 Å². The van der Waals surface area contributed by atoms with E-state index in [9.17, 15) is 5.11 Å². The Morgan fingerprint density at radius 2 is 2.00 bits per heavy atom. The molecule has 2 rings (SSSR count). The van der Waals surface area contributed by atoms with Crippen molar-refractivity contribution in [2.24, 2.45) is 0 Å². The van der Waals surface area contributed by atoms with Crippen molar-refractivity contribution in [1.82, 2.24) is 0 Å². The summed E-state index contributed by atoms with van der Waals surface area (Å²) < 4.78 is 0. The topological polar surface area (TPSA) is 46.2 Å². The minimum absolute atomic E-state index is 0.00530. The number of anilines is 1. The van der Waals surface area contributed by atoms with Gasteiger partial charge < -0.3 is 10.8 Å². The summed E-state index contributed by atoms with van der Waals surface area (Å²) in [5, 5.41) is 9.18. The molecule has 1 fully saturated rings. The Morgan fingerprint density at radius 3 is 2.50 bits per heavy atom. The van der Waals surface area contributed by atoms with Crippen LogP contribution in [0.3, 0.4) is 0 Å². The van der Waals surface area contributed by atoms with E-state index in [0.717, 1.165) is 24.1 Å². The zero-order valence-electron chi connectivity index (χ0n) is 6.96. The summed E-state index contributed by atoms with van der Waals surface area (Å²) in [5.41, 5.74) is 7.74. The van der Waals surface area contributed by atoms with E-state index in [4.69, 9.17) is 5.73 Å². The molecule has 1 aliphatic carbocycles. The molecule has 1 aliphatic rings. The minimum Gasteiger partial charge on any atom is -0.398 e. The molecule has 0 aliphatic heterocycles. The van der Waals surface area contributed by atoms with Crippen LogP contribution in [0.5, 0.6) is 0 Å². The maximum Gasteiger partial charge on any atom is 0.0528 e. The van der Waals surface area contributed by atoms with E-state index in [-0.39, 0.29) is 12.0 Å². The van der Waals surface area contributed by atoms with E-state index in [2.05, 4.69) is 0 Å². The minimum atomic E-state index is 0.00530. The summed E-state index contributed by atoms with van der Waals surface area (Å²) in [7, 11) is 0. The molecule has 0 radical (unpaired) electrons. The maximum absolute atomic E-state index is 9.18. The highest BCUT2D eigenvalue weighted by atomic mass is 16.3. The number of hydrogen-bond donors (Lipinski definition) is 2. The van der Waals surface area contributed by atoms with Crippen molar-refractivity contribution >= 4 is 5.69 Å². The van der Waals surface area contributed by atoms with Crippen molar-refractivity contribution in [3.63, 3.8) is 0 Å². The van der Waals surface area contributed by atoms with Gasteiger partial charge in [0.15, 0.2) is 0 Å². The highest BCUT2D eigenvalue weighted by Gasteiger charge is 2.44. The van der Waals surface area contributed by atoms with Crippen LogP contribution in [0.4, 0.5) is 5.69 Å². The summed E-state index contributed by atoms with van der Waals surface area (Å²) in [6, 6.07) is 7.80. The Morgan fingerprint density at radius 1 is 1.33 bits per heavy atom. The molecule has 1 aromatic carbocycles. The lowest BCUT2D eigenvalue weighted by molar-refractivity contribution is 0.255. The van der Waals surface area contributed by atoms with Crippen molar-refractivity contribution in [2.75, 3.05) is 12.3 Å². The van der Waals surface area contributed by atoms with E-state index >= 15 is 0 Å². The quantitative estimate of drug-likeness (QED) is 0.645. The van der Waals surface area contributed by atoms with Crippen LogP contribution in [0.2, 0.25) is 0 Å². The molecule has 64 valence electrons. The molecule has 0 unspecified atom stereocenters. The molecule has 2 nitrogen and oxygen atoms in total. The van der Waals surface area contributed by atoms with Crippen molar-refractivity contribution < 1.29 is 5.11 Å². The Hall–Kier alpha value is -1.02. The van der Waals surface area contributed by atoms with Crippen LogP contribution in [0.25, 0.3) is 0 Å². The third-order valence-electron chi connectivity index (χ3n) is 2.69. The van der Waals surface area contributed by atoms with Gasteiger partial charge in [-0.3, -0.25) is 0 Å². The molecule has 0 heterocycles. The molecule has 0 aromatic heterocycles. The number of nitrogen functional groups attached to an aromatic ring is 1. The van der Waals surface area contributed by atoms with Crippen LogP contribution in [0.15, 0.2) is 24.3 Å². The molecule has 1 aromatic rings. The SMILES string of the molecule is Nc1ccccc1C1(CO)CC1. The number of benzene rings is 1. The van der Waals surface area contributed by atoms with Gasteiger partial charge in [-0.2, -0.15) is 0 Å². The zero-order valence-corrected chi connectivity index (χ0v) is 6.96. The van der Waals surface area contributed by atoms with Gasteiger partial charge in [-0.1, -0.05) is 18.2 Å². The Balaban J connectivity index is 2.40. The summed E-state index contributed by atoms with van der Waals surface area (Å²) in [5.74, 6) is 0. The summed E-state index contributed by atoms with van der Waals surface area (Å²) in [4.78, 5) is 0. The van der Waals surface area contributed by atoms with Gasteiger partial charge in [-0.15, -0.1) is 0 Å². The summed E-state index contributed by atoms with van der Waals surface area (Å²) in [6.45, 7) is 0.223.